The Bertz CT molecular complexity index is 1170. The molecule has 158 valence electrons. The maximum Gasteiger partial charge on any atom is 0.247 e. The molecule has 0 saturated carbocycles. The molecule has 2 heterocycles. The maximum atomic E-state index is 5.93. The van der Waals surface area contributed by atoms with E-state index in [0.717, 1.165) is 27.9 Å². The lowest BCUT2D eigenvalue weighted by Gasteiger charge is -2.09. The van der Waals surface area contributed by atoms with Gasteiger partial charge in [-0.05, 0) is 48.9 Å². The summed E-state index contributed by atoms with van der Waals surface area (Å²) < 4.78 is 13.6. The summed E-state index contributed by atoms with van der Waals surface area (Å²) >= 11 is 7.39. The number of rotatable bonds is 9. The molecule has 4 aromatic rings. The highest BCUT2D eigenvalue weighted by Crippen LogP contribution is 2.25. The molecule has 0 bridgehead atoms. The van der Waals surface area contributed by atoms with E-state index in [2.05, 4.69) is 27.0 Å². The van der Waals surface area contributed by atoms with Crippen molar-refractivity contribution in [3.05, 3.63) is 83.5 Å². The summed E-state index contributed by atoms with van der Waals surface area (Å²) in [5, 5.41) is 18.2. The zero-order valence-corrected chi connectivity index (χ0v) is 18.4. The van der Waals surface area contributed by atoms with Crippen molar-refractivity contribution in [3.8, 4) is 17.2 Å². The van der Waals surface area contributed by atoms with Crippen LogP contribution in [0.1, 0.15) is 17.3 Å². The van der Waals surface area contributed by atoms with Crippen molar-refractivity contribution in [2.75, 3.05) is 0 Å². The topological polar surface area (TPSA) is 78.9 Å². The van der Waals surface area contributed by atoms with Gasteiger partial charge in [0.25, 0.3) is 0 Å². The first kappa shape index (κ1) is 21.1. The minimum atomic E-state index is 0.312. The standard InChI is InChI=1S/C22H20ClN5O2S/c1-3-11-28-19(13-29-18-6-4-5-15(2)12-18)24-27-22(28)31-14-20-25-26-21(30-20)16-7-9-17(23)10-8-16/h3-10,12H,1,11,13-14H2,2H3. The molecule has 9 heteroatoms. The molecule has 0 amide bonds. The molecule has 0 N–H and O–H groups in total. The minimum absolute atomic E-state index is 0.312. The van der Waals surface area contributed by atoms with Crippen LogP contribution in [0.2, 0.25) is 5.02 Å². The van der Waals surface area contributed by atoms with Crippen LogP contribution in [0.4, 0.5) is 0 Å². The lowest BCUT2D eigenvalue weighted by atomic mass is 10.2. The van der Waals surface area contributed by atoms with Gasteiger partial charge in [0.15, 0.2) is 11.0 Å². The molecule has 0 atom stereocenters. The Morgan fingerprint density at radius 2 is 1.97 bits per heavy atom. The molecule has 31 heavy (non-hydrogen) atoms. The second-order valence-corrected chi connectivity index (χ2v) is 8.08. The van der Waals surface area contributed by atoms with Crippen LogP contribution in [0.3, 0.4) is 0 Å². The molecule has 7 nitrogen and oxygen atoms in total. The van der Waals surface area contributed by atoms with Crippen molar-refractivity contribution in [3.63, 3.8) is 0 Å². The van der Waals surface area contributed by atoms with Crippen molar-refractivity contribution >= 4 is 23.4 Å². The second kappa shape index (κ2) is 9.80. The number of benzene rings is 2. The summed E-state index contributed by atoms with van der Waals surface area (Å²) in [7, 11) is 0. The van der Waals surface area contributed by atoms with Gasteiger partial charge in [0.2, 0.25) is 11.8 Å². The van der Waals surface area contributed by atoms with Crippen molar-refractivity contribution in [2.45, 2.75) is 31.0 Å². The van der Waals surface area contributed by atoms with Gasteiger partial charge in [-0.1, -0.05) is 41.6 Å². The van der Waals surface area contributed by atoms with Gasteiger partial charge >= 0.3 is 0 Å². The highest BCUT2D eigenvalue weighted by molar-refractivity contribution is 7.98. The molecule has 0 spiro atoms. The summed E-state index contributed by atoms with van der Waals surface area (Å²) in [5.41, 5.74) is 1.96. The molecule has 0 aliphatic carbocycles. The quantitative estimate of drug-likeness (QED) is 0.249. The van der Waals surface area contributed by atoms with Crippen LogP contribution in [-0.2, 0) is 18.9 Å². The normalized spacial score (nSPS) is 10.9. The van der Waals surface area contributed by atoms with Gasteiger partial charge in [-0.2, -0.15) is 0 Å². The molecular formula is C22H20ClN5O2S. The van der Waals surface area contributed by atoms with E-state index in [1.54, 1.807) is 18.2 Å². The third-order valence-corrected chi connectivity index (χ3v) is 5.55. The molecule has 2 aromatic carbocycles. The van der Waals surface area contributed by atoms with Crippen molar-refractivity contribution in [1.29, 1.82) is 0 Å². The average Bonchev–Trinajstić information content (AvgIpc) is 3.39. The molecule has 4 rings (SSSR count). The van der Waals surface area contributed by atoms with Gasteiger partial charge in [0.1, 0.15) is 12.4 Å². The molecule has 0 aliphatic heterocycles. The largest absolute Gasteiger partial charge is 0.486 e. The summed E-state index contributed by atoms with van der Waals surface area (Å²) in [6, 6.07) is 15.1. The van der Waals surface area contributed by atoms with Gasteiger partial charge in [-0.15, -0.1) is 27.0 Å². The van der Waals surface area contributed by atoms with E-state index in [4.69, 9.17) is 20.8 Å². The fraction of sp³-hybridized carbons (Fsp3) is 0.182. The smallest absolute Gasteiger partial charge is 0.247 e. The third kappa shape index (κ3) is 5.34. The summed E-state index contributed by atoms with van der Waals surface area (Å²) in [4.78, 5) is 0. The fourth-order valence-electron chi connectivity index (χ4n) is 2.85. The number of hydrogen-bond donors (Lipinski definition) is 0. The number of thioether (sulfide) groups is 1. The van der Waals surface area contributed by atoms with E-state index in [1.165, 1.54) is 11.8 Å². The van der Waals surface area contributed by atoms with Crippen LogP contribution in [0.5, 0.6) is 5.75 Å². The van der Waals surface area contributed by atoms with Crippen LogP contribution in [0.25, 0.3) is 11.5 Å². The molecule has 0 fully saturated rings. The molecule has 0 aliphatic rings. The number of aryl methyl sites for hydroxylation is 1. The summed E-state index contributed by atoms with van der Waals surface area (Å²) in [6.07, 6.45) is 1.80. The number of allylic oxidation sites excluding steroid dienone is 1. The average molecular weight is 454 g/mol. The number of halogens is 1. The molecule has 2 aromatic heterocycles. The molecular weight excluding hydrogens is 434 g/mol. The zero-order valence-electron chi connectivity index (χ0n) is 16.9. The minimum Gasteiger partial charge on any atom is -0.486 e. The number of hydrogen-bond acceptors (Lipinski definition) is 7. The van der Waals surface area contributed by atoms with Crippen LogP contribution >= 0.6 is 23.4 Å². The van der Waals surface area contributed by atoms with Crippen LogP contribution in [0, 0.1) is 6.92 Å². The Balaban J connectivity index is 1.42. The highest BCUT2D eigenvalue weighted by Gasteiger charge is 2.15. The number of aromatic nitrogens is 5. The van der Waals surface area contributed by atoms with E-state index in [-0.39, 0.29) is 0 Å². The SMILES string of the molecule is C=CCn1c(COc2cccc(C)c2)nnc1SCc1nnc(-c2ccc(Cl)cc2)o1. The van der Waals surface area contributed by atoms with Gasteiger partial charge in [0.05, 0.1) is 5.75 Å². The third-order valence-electron chi connectivity index (χ3n) is 4.35. The molecule has 0 saturated heterocycles. The van der Waals surface area contributed by atoms with E-state index < -0.39 is 0 Å². The predicted octanol–water partition coefficient (Wildman–Crippen LogP) is 5.35. The maximum absolute atomic E-state index is 5.93. The van der Waals surface area contributed by atoms with E-state index in [1.807, 2.05) is 47.9 Å². The van der Waals surface area contributed by atoms with Crippen LogP contribution in [0.15, 0.2) is 70.8 Å². The number of ether oxygens (including phenoxy) is 1. The first-order valence-electron chi connectivity index (χ1n) is 9.56. The summed E-state index contributed by atoms with van der Waals surface area (Å²) in [6.45, 7) is 6.74. The Morgan fingerprint density at radius 3 is 2.74 bits per heavy atom. The van der Waals surface area contributed by atoms with E-state index in [9.17, 15) is 0 Å². The van der Waals surface area contributed by atoms with Gasteiger partial charge in [0, 0.05) is 17.1 Å². The zero-order chi connectivity index (χ0) is 21.6. The van der Waals surface area contributed by atoms with Gasteiger partial charge < -0.3 is 9.15 Å². The van der Waals surface area contributed by atoms with E-state index in [0.29, 0.717) is 35.7 Å². The summed E-state index contributed by atoms with van der Waals surface area (Å²) in [5.74, 6) is 2.93. The Labute approximate surface area is 189 Å². The lowest BCUT2D eigenvalue weighted by Crippen LogP contribution is -2.07. The lowest BCUT2D eigenvalue weighted by molar-refractivity contribution is 0.289. The molecule has 0 unspecified atom stereocenters. The first-order valence-corrected chi connectivity index (χ1v) is 10.9. The van der Waals surface area contributed by atoms with Crippen molar-refractivity contribution in [2.24, 2.45) is 0 Å². The van der Waals surface area contributed by atoms with Crippen molar-refractivity contribution in [1.82, 2.24) is 25.0 Å². The second-order valence-electron chi connectivity index (χ2n) is 6.70. The Morgan fingerprint density at radius 1 is 1.13 bits per heavy atom. The van der Waals surface area contributed by atoms with Crippen LogP contribution in [-0.4, -0.2) is 25.0 Å². The van der Waals surface area contributed by atoms with E-state index >= 15 is 0 Å². The predicted molar refractivity (Wildman–Crippen MR) is 120 cm³/mol. The fourth-order valence-corrected chi connectivity index (χ4v) is 3.77. The van der Waals surface area contributed by atoms with Gasteiger partial charge in [-0.3, -0.25) is 4.57 Å². The number of nitrogens with zero attached hydrogens (tertiary/aromatic N) is 5. The Kier molecular flexibility index (Phi) is 6.69. The Hall–Kier alpha value is -3.10. The monoisotopic (exact) mass is 453 g/mol. The van der Waals surface area contributed by atoms with Gasteiger partial charge in [-0.25, -0.2) is 0 Å². The van der Waals surface area contributed by atoms with Crippen molar-refractivity contribution < 1.29 is 9.15 Å². The molecule has 0 radical (unpaired) electrons. The van der Waals surface area contributed by atoms with Crippen LogP contribution < -0.4 is 4.74 Å². The first-order chi connectivity index (χ1) is 15.1. The highest BCUT2D eigenvalue weighted by atomic mass is 35.5.